The molecule has 1 fully saturated rings. The van der Waals surface area contributed by atoms with E-state index in [2.05, 4.69) is 66.7 Å². The molecule has 3 atom stereocenters. The number of alkyl halides is 1. The standard InChI is InChI=1S/C41H52ClN5O3/c1-27-9-12-32(13-10-27)30(4)45-26-37-7-6-8-40(50-37)38(39(49-5)19-20-42)22-29(3)41(48)47-36(25-46-35-17-15-34(44)16-18-35)23-31-11-14-33(24-43)28(2)21-31/h6-14,19,21-22,30,34-37,45-46H,3,15-18,20,23,25-26,44H2,1-2,4-5H3,(H,47,48)/b38-22+,39-19+/t30?,34?,35?,36-,37?/m1/s1. The Balaban J connectivity index is 1.48. The molecular weight excluding hydrogens is 646 g/mol. The molecule has 2 unspecified atom stereocenters. The second-order valence-corrected chi connectivity index (χ2v) is 13.6. The number of amides is 1. The van der Waals surface area contributed by atoms with Gasteiger partial charge in [-0.25, -0.2) is 0 Å². The average Bonchev–Trinajstić information content (AvgIpc) is 3.12. The van der Waals surface area contributed by atoms with Gasteiger partial charge >= 0.3 is 0 Å². The van der Waals surface area contributed by atoms with Crippen molar-refractivity contribution in [3.63, 3.8) is 0 Å². The topological polar surface area (TPSA) is 121 Å². The van der Waals surface area contributed by atoms with Crippen LogP contribution in [0, 0.1) is 25.2 Å². The van der Waals surface area contributed by atoms with Gasteiger partial charge in [0.2, 0.25) is 0 Å². The van der Waals surface area contributed by atoms with Crippen LogP contribution < -0.4 is 21.7 Å². The molecule has 0 aromatic heterocycles. The van der Waals surface area contributed by atoms with E-state index in [1.807, 2.05) is 43.4 Å². The fourth-order valence-electron chi connectivity index (χ4n) is 6.26. The zero-order chi connectivity index (χ0) is 36.0. The highest BCUT2D eigenvalue weighted by Gasteiger charge is 2.24. The fourth-order valence-corrected chi connectivity index (χ4v) is 6.40. The molecular formula is C41H52ClN5O3. The number of carbonyl (C=O) groups is 1. The van der Waals surface area contributed by atoms with Crippen LogP contribution in [0.2, 0.25) is 0 Å². The summed E-state index contributed by atoms with van der Waals surface area (Å²) in [5, 5.41) is 19.8. The lowest BCUT2D eigenvalue weighted by Crippen LogP contribution is -2.47. The summed E-state index contributed by atoms with van der Waals surface area (Å²) in [6, 6.07) is 17.0. The maximum absolute atomic E-state index is 13.8. The van der Waals surface area contributed by atoms with Gasteiger partial charge in [-0.05, 0) is 99.9 Å². The first-order valence-corrected chi connectivity index (χ1v) is 18.0. The first-order chi connectivity index (χ1) is 24.1. The second kappa shape index (κ2) is 19.3. The third-order valence-electron chi connectivity index (χ3n) is 9.33. The van der Waals surface area contributed by atoms with Crippen molar-refractivity contribution in [2.45, 2.75) is 83.1 Å². The van der Waals surface area contributed by atoms with Gasteiger partial charge in [-0.3, -0.25) is 4.79 Å². The van der Waals surface area contributed by atoms with Crippen molar-refractivity contribution in [1.29, 1.82) is 5.26 Å². The van der Waals surface area contributed by atoms with Gasteiger partial charge < -0.3 is 31.2 Å². The molecule has 0 saturated heterocycles. The van der Waals surface area contributed by atoms with Crippen LogP contribution in [0.15, 0.2) is 102 Å². The number of rotatable bonds is 16. The van der Waals surface area contributed by atoms with E-state index in [1.54, 1.807) is 19.3 Å². The van der Waals surface area contributed by atoms with Gasteiger partial charge in [0, 0.05) is 48.7 Å². The number of benzene rings is 2. The van der Waals surface area contributed by atoms with Gasteiger partial charge in [0.25, 0.3) is 5.91 Å². The Kier molecular flexibility index (Phi) is 14.9. The molecule has 266 valence electrons. The van der Waals surface area contributed by atoms with Crippen molar-refractivity contribution in [2.75, 3.05) is 26.1 Å². The molecule has 2 aliphatic rings. The van der Waals surface area contributed by atoms with E-state index in [1.165, 1.54) is 11.1 Å². The highest BCUT2D eigenvalue weighted by Crippen LogP contribution is 2.27. The number of allylic oxidation sites excluding steroid dienone is 3. The summed E-state index contributed by atoms with van der Waals surface area (Å²) in [5.41, 5.74) is 12.0. The molecule has 0 bridgehead atoms. The number of ether oxygens (including phenoxy) is 2. The first-order valence-electron chi connectivity index (χ1n) is 17.5. The van der Waals surface area contributed by atoms with Crippen LogP contribution in [0.25, 0.3) is 0 Å². The Morgan fingerprint density at radius 1 is 1.18 bits per heavy atom. The summed E-state index contributed by atoms with van der Waals surface area (Å²) in [6.45, 7) is 11.4. The fraction of sp³-hybridized carbons (Fsp3) is 0.415. The van der Waals surface area contributed by atoms with Crippen molar-refractivity contribution in [3.8, 4) is 6.07 Å². The Morgan fingerprint density at radius 2 is 1.92 bits per heavy atom. The van der Waals surface area contributed by atoms with Gasteiger partial charge in [0.1, 0.15) is 17.6 Å². The maximum atomic E-state index is 13.8. The number of halogens is 1. The maximum Gasteiger partial charge on any atom is 0.250 e. The summed E-state index contributed by atoms with van der Waals surface area (Å²) in [6.07, 6.45) is 13.6. The number of aryl methyl sites for hydroxylation is 2. The van der Waals surface area contributed by atoms with Crippen molar-refractivity contribution in [3.05, 3.63) is 130 Å². The Bertz CT molecular complexity index is 1630. The highest BCUT2D eigenvalue weighted by molar-refractivity contribution is 6.19. The number of hydrogen-bond acceptors (Lipinski definition) is 7. The summed E-state index contributed by atoms with van der Waals surface area (Å²) >= 11 is 6.12. The molecule has 1 aliphatic carbocycles. The normalized spacial score (nSPS) is 20.6. The number of nitrogens with zero attached hydrogens (tertiary/aromatic N) is 1. The number of nitrogens with one attached hydrogen (secondary N) is 3. The minimum atomic E-state index is -0.302. The SMILES string of the molecule is C=C(/C=C(C1=CC=CC(CNC(C)c2ccc(C)cc2)O1)\C(=C/CCl)OC)C(=O)N[C@@H](CNC1CCC(N)CC1)Cc1ccc(C#N)c(C)c1. The lowest BCUT2D eigenvalue weighted by molar-refractivity contribution is -0.117. The second-order valence-electron chi connectivity index (χ2n) is 13.3. The first kappa shape index (κ1) is 38.7. The van der Waals surface area contributed by atoms with Crippen LogP contribution in [-0.2, 0) is 20.7 Å². The summed E-state index contributed by atoms with van der Waals surface area (Å²) in [5.74, 6) is 0.947. The lowest BCUT2D eigenvalue weighted by atomic mass is 9.91. The number of carbonyl (C=O) groups excluding carboxylic acids is 1. The van der Waals surface area contributed by atoms with Crippen molar-refractivity contribution < 1.29 is 14.3 Å². The Morgan fingerprint density at radius 3 is 2.58 bits per heavy atom. The lowest BCUT2D eigenvalue weighted by Gasteiger charge is -2.29. The largest absolute Gasteiger partial charge is 0.496 e. The van der Waals surface area contributed by atoms with E-state index in [9.17, 15) is 10.1 Å². The molecule has 2 aromatic rings. The number of nitrogens with two attached hydrogens (primary N) is 1. The van der Waals surface area contributed by atoms with Crippen LogP contribution in [0.1, 0.15) is 66.5 Å². The van der Waals surface area contributed by atoms with Gasteiger partial charge in [0.15, 0.2) is 0 Å². The molecule has 1 saturated carbocycles. The van der Waals surface area contributed by atoms with Gasteiger partial charge in [-0.2, -0.15) is 5.26 Å². The van der Waals surface area contributed by atoms with Crippen LogP contribution in [-0.4, -0.2) is 56.2 Å². The van der Waals surface area contributed by atoms with E-state index in [0.717, 1.165) is 36.8 Å². The zero-order valence-corrected chi connectivity index (χ0v) is 30.6. The molecule has 4 rings (SSSR count). The van der Waals surface area contributed by atoms with Gasteiger partial charge in [0.05, 0.1) is 24.3 Å². The molecule has 2 aromatic carbocycles. The quantitative estimate of drug-likeness (QED) is 0.0684. The summed E-state index contributed by atoms with van der Waals surface area (Å²) < 4.78 is 12.2. The molecule has 0 spiro atoms. The predicted octanol–water partition coefficient (Wildman–Crippen LogP) is 6.50. The van der Waals surface area contributed by atoms with E-state index in [0.29, 0.717) is 48.2 Å². The summed E-state index contributed by atoms with van der Waals surface area (Å²) in [7, 11) is 1.57. The Labute approximate surface area is 303 Å². The average molecular weight is 698 g/mol. The van der Waals surface area contributed by atoms with Gasteiger partial charge in [-0.15, -0.1) is 11.6 Å². The van der Waals surface area contributed by atoms with E-state index < -0.39 is 0 Å². The molecule has 0 radical (unpaired) electrons. The minimum absolute atomic E-state index is 0.137. The molecule has 1 heterocycles. The molecule has 1 aliphatic heterocycles. The van der Waals surface area contributed by atoms with Crippen LogP contribution in [0.3, 0.4) is 0 Å². The molecule has 50 heavy (non-hydrogen) atoms. The van der Waals surface area contributed by atoms with Crippen LogP contribution in [0.4, 0.5) is 0 Å². The smallest absolute Gasteiger partial charge is 0.250 e. The molecule has 8 nitrogen and oxygen atoms in total. The summed E-state index contributed by atoms with van der Waals surface area (Å²) in [4.78, 5) is 13.8. The van der Waals surface area contributed by atoms with Crippen LogP contribution >= 0.6 is 11.6 Å². The third-order valence-corrected chi connectivity index (χ3v) is 9.49. The molecule has 1 amide bonds. The number of methoxy groups -OCH3 is 1. The van der Waals surface area contributed by atoms with Gasteiger partial charge in [-0.1, -0.05) is 54.6 Å². The van der Waals surface area contributed by atoms with E-state index in [4.69, 9.17) is 26.8 Å². The highest BCUT2D eigenvalue weighted by atomic mass is 35.5. The number of nitriles is 1. The monoisotopic (exact) mass is 697 g/mol. The number of hydrogen-bond donors (Lipinski definition) is 4. The third kappa shape index (κ3) is 11.5. The van der Waals surface area contributed by atoms with Crippen LogP contribution in [0.5, 0.6) is 0 Å². The predicted molar refractivity (Wildman–Crippen MR) is 202 cm³/mol. The van der Waals surface area contributed by atoms with E-state index in [-0.39, 0.29) is 41.6 Å². The Hall–Kier alpha value is -4.13. The molecule has 9 heteroatoms. The minimum Gasteiger partial charge on any atom is -0.496 e. The van der Waals surface area contributed by atoms with Crippen molar-refractivity contribution in [1.82, 2.24) is 16.0 Å². The van der Waals surface area contributed by atoms with Crippen molar-refractivity contribution in [2.24, 2.45) is 5.73 Å². The van der Waals surface area contributed by atoms with Crippen molar-refractivity contribution >= 4 is 17.5 Å². The molecule has 5 N–H and O–H groups in total. The van der Waals surface area contributed by atoms with E-state index >= 15 is 0 Å². The zero-order valence-electron chi connectivity index (χ0n) is 29.8.